The number of nitrogens with zero attached hydrogens (tertiary/aromatic N) is 2. The summed E-state index contributed by atoms with van der Waals surface area (Å²) in [6.45, 7) is 12.0. The summed E-state index contributed by atoms with van der Waals surface area (Å²) in [5.74, 6) is -0.302. The zero-order valence-electron chi connectivity index (χ0n) is 31.3. The summed E-state index contributed by atoms with van der Waals surface area (Å²) < 4.78 is 5.92. The molecule has 1 aliphatic rings. The number of β-amino-alcohol motifs (C(OH)–C–C–N with tert-alkyl or cyclic N) is 1. The molecule has 2 heterocycles. The van der Waals surface area contributed by atoms with Gasteiger partial charge in [0.1, 0.15) is 17.8 Å². The standard InChI is InChI=1S/C40H55N5O6S/c1-25(14-19-34(41)47)23-51-32-12-9-11-28(20-32)10-7-8-13-35(48)44-37(40(4,5)6)39(50)45-22-31(46)21-33(45)38(49)43-26(2)29-15-17-30(18-16-29)36-27(3)42-24-52-36/h9,11-12,15-18,20,24-26,31,33,37,46H,7-8,10,13-14,19,21-23H2,1-6H3,(H2,41,47)(H,43,49)(H,44,48)/t25-,26-,31+,33-,37+/m0/s1. The van der Waals surface area contributed by atoms with Crippen LogP contribution in [0, 0.1) is 18.3 Å². The second-order valence-electron chi connectivity index (χ2n) is 15.2. The van der Waals surface area contributed by atoms with Crippen LogP contribution in [0.3, 0.4) is 0 Å². The third-order valence-corrected chi connectivity index (χ3v) is 10.5. The van der Waals surface area contributed by atoms with Gasteiger partial charge < -0.3 is 31.1 Å². The molecule has 1 aliphatic heterocycles. The number of carbonyl (C=O) groups excluding carboxylic acids is 4. The maximum atomic E-state index is 14.0. The van der Waals surface area contributed by atoms with Gasteiger partial charge in [0.15, 0.2) is 0 Å². The summed E-state index contributed by atoms with van der Waals surface area (Å²) in [5.41, 5.74) is 10.5. The highest BCUT2D eigenvalue weighted by Crippen LogP contribution is 2.30. The van der Waals surface area contributed by atoms with Crippen LogP contribution in [0.15, 0.2) is 54.0 Å². The lowest BCUT2D eigenvalue weighted by atomic mass is 9.85. The van der Waals surface area contributed by atoms with Crippen molar-refractivity contribution in [2.75, 3.05) is 13.2 Å². The normalized spacial score (nSPS) is 17.6. The van der Waals surface area contributed by atoms with Crippen LogP contribution in [-0.4, -0.2) is 70.0 Å². The predicted octanol–water partition coefficient (Wildman–Crippen LogP) is 5.48. The highest BCUT2D eigenvalue weighted by molar-refractivity contribution is 7.13. The van der Waals surface area contributed by atoms with Crippen molar-refractivity contribution in [3.63, 3.8) is 0 Å². The number of nitrogens with two attached hydrogens (primary N) is 1. The minimum Gasteiger partial charge on any atom is -0.493 e. The van der Waals surface area contributed by atoms with Crippen LogP contribution in [-0.2, 0) is 25.6 Å². The fraction of sp³-hybridized carbons (Fsp3) is 0.525. The molecular weight excluding hydrogens is 679 g/mol. The molecule has 1 saturated heterocycles. The Morgan fingerprint density at radius 1 is 1.06 bits per heavy atom. The van der Waals surface area contributed by atoms with Gasteiger partial charge in [-0.3, -0.25) is 19.2 Å². The van der Waals surface area contributed by atoms with E-state index in [4.69, 9.17) is 10.5 Å². The van der Waals surface area contributed by atoms with Gasteiger partial charge in [0.05, 0.1) is 34.8 Å². The molecule has 5 atom stereocenters. The monoisotopic (exact) mass is 733 g/mol. The second-order valence-corrected chi connectivity index (χ2v) is 16.0. The molecule has 282 valence electrons. The zero-order chi connectivity index (χ0) is 38.0. The Labute approximate surface area is 311 Å². The Morgan fingerprint density at radius 2 is 1.79 bits per heavy atom. The number of carbonyl (C=O) groups is 4. The first kappa shape index (κ1) is 40.5. The fourth-order valence-corrected chi connectivity index (χ4v) is 7.18. The fourth-order valence-electron chi connectivity index (χ4n) is 6.36. The molecule has 0 saturated carbocycles. The molecule has 52 heavy (non-hydrogen) atoms. The van der Waals surface area contributed by atoms with Crippen molar-refractivity contribution < 1.29 is 29.0 Å². The minimum absolute atomic E-state index is 0.0196. The number of aliphatic hydroxyl groups is 1. The number of unbranched alkanes of at least 4 members (excludes halogenated alkanes) is 1. The lowest BCUT2D eigenvalue weighted by Gasteiger charge is -2.35. The van der Waals surface area contributed by atoms with E-state index in [0.29, 0.717) is 25.9 Å². The molecule has 1 aromatic heterocycles. The van der Waals surface area contributed by atoms with E-state index < -0.39 is 23.6 Å². The van der Waals surface area contributed by atoms with E-state index >= 15 is 0 Å². The number of rotatable bonds is 17. The van der Waals surface area contributed by atoms with E-state index in [1.165, 1.54) is 4.90 Å². The molecule has 0 radical (unpaired) electrons. The van der Waals surface area contributed by atoms with Gasteiger partial charge in [0.2, 0.25) is 23.6 Å². The Kier molecular flexibility index (Phi) is 14.4. The number of thiazole rings is 1. The molecule has 3 aromatic rings. The largest absolute Gasteiger partial charge is 0.493 e. The Hall–Kier alpha value is -4.29. The van der Waals surface area contributed by atoms with Crippen LogP contribution in [0.1, 0.15) is 96.0 Å². The van der Waals surface area contributed by atoms with E-state index in [-0.39, 0.29) is 55.0 Å². The Balaban J connectivity index is 1.29. The molecular formula is C40H55N5O6S. The molecule has 0 aliphatic carbocycles. The SMILES string of the molecule is Cc1ncsc1-c1ccc([C@H](C)NC(=O)[C@@H]2C[C@@H](O)CN2C(=O)[C@@H](NC(=O)CCCCc2cccc(OC[C@@H](C)CCC(N)=O)c2)C(C)(C)C)cc1. The van der Waals surface area contributed by atoms with Crippen molar-refractivity contribution in [3.05, 3.63) is 70.9 Å². The van der Waals surface area contributed by atoms with E-state index in [2.05, 4.69) is 15.6 Å². The number of hydrogen-bond acceptors (Lipinski definition) is 8. The van der Waals surface area contributed by atoms with Crippen molar-refractivity contribution in [2.45, 2.75) is 111 Å². The molecule has 4 rings (SSSR count). The molecule has 2 aromatic carbocycles. The topological polar surface area (TPSA) is 164 Å². The van der Waals surface area contributed by atoms with Crippen molar-refractivity contribution in [2.24, 2.45) is 17.1 Å². The number of ether oxygens (including phenoxy) is 1. The number of hydrogen-bond donors (Lipinski definition) is 4. The van der Waals surface area contributed by atoms with Gasteiger partial charge in [-0.05, 0) is 79.7 Å². The first-order valence-corrected chi connectivity index (χ1v) is 19.1. The molecule has 1 fully saturated rings. The quantitative estimate of drug-likeness (QED) is 0.134. The predicted molar refractivity (Wildman–Crippen MR) is 203 cm³/mol. The van der Waals surface area contributed by atoms with Crippen LogP contribution < -0.4 is 21.1 Å². The van der Waals surface area contributed by atoms with Crippen LogP contribution in [0.25, 0.3) is 10.4 Å². The van der Waals surface area contributed by atoms with Crippen molar-refractivity contribution in [1.82, 2.24) is 20.5 Å². The third kappa shape index (κ3) is 11.6. The molecule has 0 bridgehead atoms. The van der Waals surface area contributed by atoms with Gasteiger partial charge in [0, 0.05) is 25.8 Å². The number of benzene rings is 2. The smallest absolute Gasteiger partial charge is 0.246 e. The minimum atomic E-state index is -0.875. The number of amides is 4. The average Bonchev–Trinajstić information content (AvgIpc) is 3.71. The van der Waals surface area contributed by atoms with Crippen molar-refractivity contribution >= 4 is 35.0 Å². The Bertz CT molecular complexity index is 1670. The number of likely N-dealkylation sites (tertiary alicyclic amines) is 1. The molecule has 0 unspecified atom stereocenters. The van der Waals surface area contributed by atoms with E-state index in [1.807, 2.05) is 95.6 Å². The van der Waals surface area contributed by atoms with Crippen molar-refractivity contribution in [3.8, 4) is 16.2 Å². The van der Waals surface area contributed by atoms with Gasteiger partial charge in [-0.25, -0.2) is 4.98 Å². The van der Waals surface area contributed by atoms with E-state index in [1.54, 1.807) is 11.3 Å². The number of aromatic nitrogens is 1. The van der Waals surface area contributed by atoms with Crippen molar-refractivity contribution in [1.29, 1.82) is 0 Å². The summed E-state index contributed by atoms with van der Waals surface area (Å²) in [5, 5.41) is 16.6. The summed E-state index contributed by atoms with van der Waals surface area (Å²) in [7, 11) is 0. The maximum Gasteiger partial charge on any atom is 0.246 e. The lowest BCUT2D eigenvalue weighted by molar-refractivity contribution is -0.144. The molecule has 5 N–H and O–H groups in total. The van der Waals surface area contributed by atoms with Crippen LogP contribution in [0.2, 0.25) is 0 Å². The lowest BCUT2D eigenvalue weighted by Crippen LogP contribution is -2.57. The summed E-state index contributed by atoms with van der Waals surface area (Å²) in [6, 6.07) is 13.8. The van der Waals surface area contributed by atoms with Gasteiger partial charge in [-0.1, -0.05) is 64.1 Å². The first-order chi connectivity index (χ1) is 24.6. The highest BCUT2D eigenvalue weighted by Gasteiger charge is 2.44. The highest BCUT2D eigenvalue weighted by atomic mass is 32.1. The summed E-state index contributed by atoms with van der Waals surface area (Å²) in [4.78, 5) is 58.6. The maximum absolute atomic E-state index is 14.0. The van der Waals surface area contributed by atoms with Crippen LogP contribution in [0.5, 0.6) is 5.75 Å². The van der Waals surface area contributed by atoms with Gasteiger partial charge in [-0.2, -0.15) is 0 Å². The summed E-state index contributed by atoms with van der Waals surface area (Å²) >= 11 is 1.58. The number of aliphatic hydroxyl groups excluding tert-OH is 1. The van der Waals surface area contributed by atoms with Gasteiger partial charge >= 0.3 is 0 Å². The number of aryl methyl sites for hydroxylation is 2. The Morgan fingerprint density at radius 3 is 2.44 bits per heavy atom. The summed E-state index contributed by atoms with van der Waals surface area (Å²) in [6.07, 6.45) is 2.71. The molecule has 12 heteroatoms. The van der Waals surface area contributed by atoms with E-state index in [0.717, 1.165) is 45.9 Å². The molecule has 0 spiro atoms. The van der Waals surface area contributed by atoms with Gasteiger partial charge in [0.25, 0.3) is 0 Å². The third-order valence-electron chi connectivity index (χ3n) is 9.50. The first-order valence-electron chi connectivity index (χ1n) is 18.2. The van der Waals surface area contributed by atoms with Crippen LogP contribution >= 0.6 is 11.3 Å². The average molecular weight is 734 g/mol. The van der Waals surface area contributed by atoms with Crippen LogP contribution in [0.4, 0.5) is 0 Å². The second kappa shape index (κ2) is 18.5. The molecule has 4 amide bonds. The number of nitrogens with one attached hydrogen (secondary N) is 2. The van der Waals surface area contributed by atoms with Gasteiger partial charge in [-0.15, -0.1) is 11.3 Å². The number of primary amides is 1. The zero-order valence-corrected chi connectivity index (χ0v) is 32.1. The molecule has 11 nitrogen and oxygen atoms in total. The van der Waals surface area contributed by atoms with E-state index in [9.17, 15) is 24.3 Å².